The number of benzene rings is 1. The van der Waals surface area contributed by atoms with E-state index in [4.69, 9.17) is 0 Å². The zero-order valence-electron chi connectivity index (χ0n) is 22.6. The Bertz CT molecular complexity index is 895. The van der Waals surface area contributed by atoms with E-state index in [9.17, 15) is 19.5 Å². The van der Waals surface area contributed by atoms with Crippen molar-refractivity contribution >= 4 is 30.0 Å². The van der Waals surface area contributed by atoms with E-state index < -0.39 is 0 Å². The number of amides is 3. The van der Waals surface area contributed by atoms with Crippen molar-refractivity contribution < 1.29 is 19.5 Å². The SMILES string of the molecule is CC.CNCC(=O)NC1CCSC2CC(C)(C)C(C)N2C1=O.O=CNC1CCCc2cc(O)ccc21. The third kappa shape index (κ3) is 7.38. The van der Waals surface area contributed by atoms with E-state index >= 15 is 0 Å². The number of carbonyl (C=O) groups is 3. The summed E-state index contributed by atoms with van der Waals surface area (Å²) in [5, 5.41) is 18.1. The van der Waals surface area contributed by atoms with Gasteiger partial charge in [0.05, 0.1) is 18.0 Å². The molecule has 4 unspecified atom stereocenters. The van der Waals surface area contributed by atoms with Gasteiger partial charge in [-0.05, 0) is 80.5 Å². The Morgan fingerprint density at radius 2 is 1.97 bits per heavy atom. The zero-order chi connectivity index (χ0) is 26.9. The summed E-state index contributed by atoms with van der Waals surface area (Å²) in [6.45, 7) is 10.8. The third-order valence-electron chi connectivity index (χ3n) is 7.21. The van der Waals surface area contributed by atoms with Gasteiger partial charge >= 0.3 is 0 Å². The monoisotopic (exact) mass is 520 g/mol. The molecule has 4 atom stereocenters. The highest BCUT2D eigenvalue weighted by atomic mass is 32.2. The first-order chi connectivity index (χ1) is 17.2. The van der Waals surface area contributed by atoms with Crippen LogP contribution < -0.4 is 16.0 Å². The molecule has 36 heavy (non-hydrogen) atoms. The number of thioether (sulfide) groups is 1. The van der Waals surface area contributed by atoms with Crippen LogP contribution in [0, 0.1) is 5.41 Å². The van der Waals surface area contributed by atoms with Crippen molar-refractivity contribution in [3.63, 3.8) is 0 Å². The van der Waals surface area contributed by atoms with Crippen LogP contribution in [-0.4, -0.2) is 65.0 Å². The van der Waals surface area contributed by atoms with E-state index in [1.54, 1.807) is 19.2 Å². The topological polar surface area (TPSA) is 111 Å². The maximum atomic E-state index is 12.7. The molecular formula is C27H44N4O4S. The van der Waals surface area contributed by atoms with E-state index in [2.05, 4.69) is 36.7 Å². The van der Waals surface area contributed by atoms with Gasteiger partial charge in [-0.25, -0.2) is 0 Å². The van der Waals surface area contributed by atoms with Crippen LogP contribution >= 0.6 is 11.8 Å². The molecular weight excluding hydrogens is 476 g/mol. The lowest BCUT2D eigenvalue weighted by Crippen LogP contribution is -2.52. The number of aromatic hydroxyl groups is 1. The summed E-state index contributed by atoms with van der Waals surface area (Å²) in [4.78, 5) is 36.9. The van der Waals surface area contributed by atoms with Crippen LogP contribution in [0.25, 0.3) is 0 Å². The molecule has 9 heteroatoms. The molecule has 2 fully saturated rings. The van der Waals surface area contributed by atoms with Gasteiger partial charge in [0, 0.05) is 6.04 Å². The summed E-state index contributed by atoms with van der Waals surface area (Å²) >= 11 is 1.85. The first kappa shape index (κ1) is 30.0. The van der Waals surface area contributed by atoms with Crippen molar-refractivity contribution in [2.24, 2.45) is 5.41 Å². The van der Waals surface area contributed by atoms with E-state index in [0.717, 1.165) is 55.4 Å². The lowest BCUT2D eigenvalue weighted by Gasteiger charge is -2.32. The number of nitrogens with one attached hydrogen (secondary N) is 3. The summed E-state index contributed by atoms with van der Waals surface area (Å²) in [5.41, 5.74) is 2.43. The molecule has 2 saturated heterocycles. The Balaban J connectivity index is 0.000000250. The average molecular weight is 521 g/mol. The molecule has 1 aliphatic carbocycles. The second-order valence-electron chi connectivity index (χ2n) is 9.99. The van der Waals surface area contributed by atoms with Crippen molar-refractivity contribution in [1.82, 2.24) is 20.9 Å². The molecule has 2 aliphatic heterocycles. The number of phenolic OH excluding ortho intramolecular Hbond substituents is 1. The Hall–Kier alpha value is -2.26. The number of carbonyl (C=O) groups excluding carboxylic acids is 3. The normalized spacial score (nSPS) is 26.1. The van der Waals surface area contributed by atoms with Crippen LogP contribution in [0.2, 0.25) is 0 Å². The van der Waals surface area contributed by atoms with Crippen LogP contribution in [-0.2, 0) is 20.8 Å². The lowest BCUT2D eigenvalue weighted by molar-refractivity contribution is -0.137. The van der Waals surface area contributed by atoms with Crippen LogP contribution in [0.3, 0.4) is 0 Å². The van der Waals surface area contributed by atoms with Crippen LogP contribution in [0.5, 0.6) is 5.75 Å². The van der Waals surface area contributed by atoms with Crippen molar-refractivity contribution in [3.05, 3.63) is 29.3 Å². The van der Waals surface area contributed by atoms with Gasteiger partial charge in [-0.3, -0.25) is 14.4 Å². The predicted molar refractivity (Wildman–Crippen MR) is 146 cm³/mol. The molecule has 3 aliphatic rings. The standard InChI is InChI=1S/C14H25N3O2S.C11H13NO2.C2H6/c1-9-14(2,3)7-12-17(9)13(19)10(5-6-20-12)16-11(18)8-15-4;13-7-12-11-3-1-2-8-6-9(14)4-5-10(8)11;1-2/h9-10,12,15H,5-8H2,1-4H3,(H,16,18);4-7,11,14H,1-3H2,(H,12,13);1-2H3. The molecule has 1 aromatic carbocycles. The molecule has 3 amide bonds. The Kier molecular flexibility index (Phi) is 11.6. The molecule has 0 radical (unpaired) electrons. The number of aryl methyl sites for hydroxylation is 1. The lowest BCUT2D eigenvalue weighted by atomic mass is 9.86. The number of fused-ring (bicyclic) bond motifs is 2. The van der Waals surface area contributed by atoms with Crippen molar-refractivity contribution in [3.8, 4) is 5.75 Å². The second-order valence-corrected chi connectivity index (χ2v) is 11.3. The summed E-state index contributed by atoms with van der Waals surface area (Å²) in [5.74, 6) is 1.19. The van der Waals surface area contributed by atoms with E-state index in [-0.39, 0.29) is 47.3 Å². The van der Waals surface area contributed by atoms with E-state index in [0.29, 0.717) is 5.75 Å². The molecule has 0 aromatic heterocycles. The molecule has 0 bridgehead atoms. The van der Waals surface area contributed by atoms with Gasteiger partial charge in [-0.15, -0.1) is 11.8 Å². The Labute approximate surface area is 220 Å². The van der Waals surface area contributed by atoms with Crippen molar-refractivity contribution in [2.45, 2.75) is 90.2 Å². The number of phenols is 1. The smallest absolute Gasteiger partial charge is 0.246 e. The van der Waals surface area contributed by atoms with Crippen LogP contribution in [0.15, 0.2) is 18.2 Å². The second kappa shape index (κ2) is 13.9. The fourth-order valence-corrected chi connectivity index (χ4v) is 6.68. The summed E-state index contributed by atoms with van der Waals surface area (Å²) in [6.07, 6.45) is 5.52. The number of hydrogen-bond donors (Lipinski definition) is 4. The minimum atomic E-state index is -0.371. The summed E-state index contributed by atoms with van der Waals surface area (Å²) < 4.78 is 0. The summed E-state index contributed by atoms with van der Waals surface area (Å²) in [7, 11) is 1.73. The molecule has 4 rings (SSSR count). The quantitative estimate of drug-likeness (QED) is 0.443. The molecule has 0 spiro atoms. The summed E-state index contributed by atoms with van der Waals surface area (Å²) in [6, 6.07) is 5.32. The highest BCUT2D eigenvalue weighted by molar-refractivity contribution is 7.99. The zero-order valence-corrected chi connectivity index (χ0v) is 23.4. The predicted octanol–water partition coefficient (Wildman–Crippen LogP) is 3.34. The minimum Gasteiger partial charge on any atom is -0.508 e. The molecule has 202 valence electrons. The van der Waals surface area contributed by atoms with Gasteiger partial charge < -0.3 is 26.0 Å². The first-order valence-electron chi connectivity index (χ1n) is 13.1. The van der Waals surface area contributed by atoms with Gasteiger partial charge in [0.1, 0.15) is 11.8 Å². The highest BCUT2D eigenvalue weighted by Crippen LogP contribution is 2.45. The van der Waals surface area contributed by atoms with Gasteiger partial charge in [0.2, 0.25) is 18.2 Å². The average Bonchev–Trinajstić information content (AvgIpc) is 2.97. The van der Waals surface area contributed by atoms with E-state index in [1.165, 1.54) is 0 Å². The van der Waals surface area contributed by atoms with Gasteiger partial charge in [0.15, 0.2) is 0 Å². The molecule has 2 heterocycles. The minimum absolute atomic E-state index is 0.0857. The Morgan fingerprint density at radius 1 is 1.25 bits per heavy atom. The number of likely N-dealkylation sites (N-methyl/N-ethyl adjacent to an activating group) is 1. The van der Waals surface area contributed by atoms with Crippen molar-refractivity contribution in [2.75, 3.05) is 19.3 Å². The van der Waals surface area contributed by atoms with Gasteiger partial charge in [-0.2, -0.15) is 0 Å². The largest absolute Gasteiger partial charge is 0.508 e. The van der Waals surface area contributed by atoms with E-state index in [1.807, 2.05) is 36.6 Å². The molecule has 8 nitrogen and oxygen atoms in total. The van der Waals surface area contributed by atoms with Gasteiger partial charge in [0.25, 0.3) is 0 Å². The fourth-order valence-electron chi connectivity index (χ4n) is 5.04. The number of nitrogens with zero attached hydrogens (tertiary/aromatic N) is 1. The van der Waals surface area contributed by atoms with Crippen molar-refractivity contribution in [1.29, 1.82) is 0 Å². The Morgan fingerprint density at radius 3 is 2.64 bits per heavy atom. The maximum absolute atomic E-state index is 12.7. The number of rotatable bonds is 5. The first-order valence-corrected chi connectivity index (χ1v) is 14.1. The third-order valence-corrected chi connectivity index (χ3v) is 8.46. The maximum Gasteiger partial charge on any atom is 0.246 e. The van der Waals surface area contributed by atoms with Crippen LogP contribution in [0.1, 0.15) is 77.5 Å². The van der Waals surface area contributed by atoms with Gasteiger partial charge in [-0.1, -0.05) is 33.8 Å². The fraction of sp³-hybridized carbons (Fsp3) is 0.667. The number of hydrogen-bond acceptors (Lipinski definition) is 6. The van der Waals surface area contributed by atoms with Crippen LogP contribution in [0.4, 0.5) is 0 Å². The highest BCUT2D eigenvalue weighted by Gasteiger charge is 2.49. The molecule has 4 N–H and O–H groups in total. The molecule has 0 saturated carbocycles. The molecule has 1 aromatic rings.